The summed E-state index contributed by atoms with van der Waals surface area (Å²) in [4.78, 5) is 16.6. The van der Waals surface area contributed by atoms with Crippen molar-refractivity contribution in [2.24, 2.45) is 9.98 Å². The van der Waals surface area contributed by atoms with Crippen LogP contribution >= 0.6 is 0 Å². The molecule has 2 aromatic rings. The molecule has 2 heterocycles. The van der Waals surface area contributed by atoms with Gasteiger partial charge in [-0.3, -0.25) is 20.0 Å². The van der Waals surface area contributed by atoms with Crippen molar-refractivity contribution in [3.05, 3.63) is 72.3 Å². The molecule has 0 spiro atoms. The molecule has 0 aromatic carbocycles. The third-order valence-corrected chi connectivity index (χ3v) is 2.62. The summed E-state index contributed by atoms with van der Waals surface area (Å²) in [6, 6.07) is 11.4. The van der Waals surface area contributed by atoms with E-state index in [1.165, 1.54) is 0 Å². The van der Waals surface area contributed by atoms with Gasteiger partial charge in [-0.15, -0.1) is 0 Å². The third-order valence-electron chi connectivity index (χ3n) is 2.62. The second-order valence-corrected chi connectivity index (χ2v) is 4.42. The van der Waals surface area contributed by atoms with Crippen molar-refractivity contribution in [3.63, 3.8) is 0 Å². The molecule has 0 bridgehead atoms. The summed E-state index contributed by atoms with van der Waals surface area (Å²) in [6.45, 7) is 0.866. The molecule has 4 heteroatoms. The topological polar surface area (TPSA) is 50.5 Å². The second kappa shape index (κ2) is 11.1. The fourth-order valence-corrected chi connectivity index (χ4v) is 1.57. The van der Waals surface area contributed by atoms with Crippen molar-refractivity contribution in [3.8, 4) is 23.7 Å². The minimum Gasteiger partial charge on any atom is -0.278 e. The zero-order valence-electron chi connectivity index (χ0n) is 13.1. The van der Waals surface area contributed by atoms with E-state index in [4.69, 9.17) is 0 Å². The molecule has 0 atom stereocenters. The number of aromatic nitrogens is 2. The minimum atomic E-state index is 0.433. The summed E-state index contributed by atoms with van der Waals surface area (Å²) in [7, 11) is 0. The number of pyridine rings is 2. The number of hydrogen-bond donors (Lipinski definition) is 0. The van der Waals surface area contributed by atoms with Gasteiger partial charge in [-0.25, -0.2) is 0 Å². The van der Waals surface area contributed by atoms with Crippen molar-refractivity contribution in [1.82, 2.24) is 9.97 Å². The molecule has 0 saturated heterocycles. The molecule has 0 radical (unpaired) electrons. The molecular formula is C20H16N4. The van der Waals surface area contributed by atoms with Crippen LogP contribution in [0, 0.1) is 23.7 Å². The van der Waals surface area contributed by atoms with Crippen LogP contribution in [-0.2, 0) is 0 Å². The van der Waals surface area contributed by atoms with E-state index in [0.717, 1.165) is 11.4 Å². The highest BCUT2D eigenvalue weighted by Crippen LogP contribution is 1.88. The molecular weight excluding hydrogens is 296 g/mol. The Kier molecular flexibility index (Phi) is 7.81. The largest absolute Gasteiger partial charge is 0.278 e. The van der Waals surface area contributed by atoms with E-state index in [1.807, 2.05) is 36.4 Å². The van der Waals surface area contributed by atoms with Gasteiger partial charge in [-0.1, -0.05) is 35.8 Å². The molecule has 0 aliphatic rings. The lowest BCUT2D eigenvalue weighted by molar-refractivity contribution is 1.26. The molecule has 0 aliphatic heterocycles. The van der Waals surface area contributed by atoms with Gasteiger partial charge in [0.2, 0.25) is 0 Å². The fraction of sp³-hybridized carbons (Fsp3) is 0.100. The summed E-state index contributed by atoms with van der Waals surface area (Å²) in [5.74, 6) is 11.6. The maximum Gasteiger partial charge on any atom is 0.100 e. The summed E-state index contributed by atoms with van der Waals surface area (Å²) in [5, 5.41) is 0. The number of aliphatic imine (C=N–C) groups is 2. The van der Waals surface area contributed by atoms with Crippen LogP contribution in [-0.4, -0.2) is 35.5 Å². The van der Waals surface area contributed by atoms with Crippen LogP contribution in [0.2, 0.25) is 0 Å². The van der Waals surface area contributed by atoms with Gasteiger partial charge in [0.15, 0.2) is 0 Å². The highest BCUT2D eigenvalue weighted by Gasteiger charge is 1.83. The molecule has 0 unspecified atom stereocenters. The predicted molar refractivity (Wildman–Crippen MR) is 98.1 cm³/mol. The molecule has 4 nitrogen and oxygen atoms in total. The lowest BCUT2D eigenvalue weighted by atomic mass is 10.4. The standard InChI is InChI=1S/C20H16N4/c1(3-7-13-21-17-19-11-5-9-15-23-19)2-4-8-14-22-18-20-12-6-10-16-24-20/h1-2,5-6,9-12,15-18H,13-14H2/b2-1-,21-17?,22-18?. The number of hydrogen-bond acceptors (Lipinski definition) is 4. The van der Waals surface area contributed by atoms with E-state index in [2.05, 4.69) is 43.6 Å². The van der Waals surface area contributed by atoms with Gasteiger partial charge in [0.1, 0.15) is 13.1 Å². The maximum absolute atomic E-state index is 4.17. The molecule has 0 fully saturated rings. The van der Waals surface area contributed by atoms with Gasteiger partial charge < -0.3 is 0 Å². The highest BCUT2D eigenvalue weighted by molar-refractivity contribution is 5.77. The van der Waals surface area contributed by atoms with E-state index in [0.29, 0.717) is 13.1 Å². The quantitative estimate of drug-likeness (QED) is 0.643. The first kappa shape index (κ1) is 16.9. The molecule has 0 saturated carbocycles. The van der Waals surface area contributed by atoms with Crippen LogP contribution in [0.5, 0.6) is 0 Å². The van der Waals surface area contributed by atoms with Gasteiger partial charge in [-0.05, 0) is 36.4 Å². The summed E-state index contributed by atoms with van der Waals surface area (Å²) < 4.78 is 0. The monoisotopic (exact) mass is 312 g/mol. The lowest BCUT2D eigenvalue weighted by Gasteiger charge is -1.87. The van der Waals surface area contributed by atoms with Gasteiger partial charge in [-0.2, -0.15) is 0 Å². The summed E-state index contributed by atoms with van der Waals surface area (Å²) >= 11 is 0. The van der Waals surface area contributed by atoms with Crippen molar-refractivity contribution in [2.75, 3.05) is 13.1 Å². The van der Waals surface area contributed by atoms with Crippen LogP contribution in [0.15, 0.2) is 70.9 Å². The SMILES string of the molecule is C(#CCN=Cc1ccccn1)/C=C\C#CCN=Cc1ccccn1. The Bertz CT molecular complexity index is 742. The van der Waals surface area contributed by atoms with Crippen molar-refractivity contribution in [1.29, 1.82) is 0 Å². The minimum absolute atomic E-state index is 0.433. The summed E-state index contributed by atoms with van der Waals surface area (Å²) in [6.07, 6.45) is 10.3. The number of rotatable bonds is 4. The Hall–Kier alpha value is -3.50. The maximum atomic E-state index is 4.17. The molecule has 2 aromatic heterocycles. The molecule has 24 heavy (non-hydrogen) atoms. The first-order chi connectivity index (χ1) is 11.9. The van der Waals surface area contributed by atoms with E-state index < -0.39 is 0 Å². The molecule has 0 N–H and O–H groups in total. The Morgan fingerprint density at radius 3 is 1.67 bits per heavy atom. The predicted octanol–water partition coefficient (Wildman–Crippen LogP) is 2.58. The third kappa shape index (κ3) is 7.49. The Morgan fingerprint density at radius 2 is 1.25 bits per heavy atom. The second-order valence-electron chi connectivity index (χ2n) is 4.42. The van der Waals surface area contributed by atoms with Crippen molar-refractivity contribution >= 4 is 12.4 Å². The van der Waals surface area contributed by atoms with E-state index >= 15 is 0 Å². The Balaban J connectivity index is 1.65. The van der Waals surface area contributed by atoms with Crippen molar-refractivity contribution < 1.29 is 0 Å². The normalized spacial score (nSPS) is 10.5. The van der Waals surface area contributed by atoms with Crippen LogP contribution < -0.4 is 0 Å². The van der Waals surface area contributed by atoms with Crippen LogP contribution in [0.1, 0.15) is 11.4 Å². The van der Waals surface area contributed by atoms with Crippen molar-refractivity contribution in [2.45, 2.75) is 0 Å². The zero-order chi connectivity index (χ0) is 16.7. The smallest absolute Gasteiger partial charge is 0.100 e. The zero-order valence-corrected chi connectivity index (χ0v) is 13.1. The highest BCUT2D eigenvalue weighted by atomic mass is 14.7. The average Bonchev–Trinajstić information content (AvgIpc) is 2.64. The van der Waals surface area contributed by atoms with Crippen LogP contribution in [0.25, 0.3) is 0 Å². The van der Waals surface area contributed by atoms with Gasteiger partial charge in [0.25, 0.3) is 0 Å². The summed E-state index contributed by atoms with van der Waals surface area (Å²) in [5.41, 5.74) is 1.65. The molecule has 116 valence electrons. The average molecular weight is 312 g/mol. The van der Waals surface area contributed by atoms with E-state index in [-0.39, 0.29) is 0 Å². The fourth-order valence-electron chi connectivity index (χ4n) is 1.57. The molecule has 0 aliphatic carbocycles. The van der Waals surface area contributed by atoms with Gasteiger partial charge in [0, 0.05) is 24.8 Å². The van der Waals surface area contributed by atoms with Gasteiger partial charge in [0.05, 0.1) is 11.4 Å². The first-order valence-corrected chi connectivity index (χ1v) is 7.38. The van der Waals surface area contributed by atoms with E-state index in [9.17, 15) is 0 Å². The number of nitrogens with zero attached hydrogens (tertiary/aromatic N) is 4. The van der Waals surface area contributed by atoms with E-state index in [1.54, 1.807) is 37.0 Å². The van der Waals surface area contributed by atoms with Crippen LogP contribution in [0.3, 0.4) is 0 Å². The lowest BCUT2D eigenvalue weighted by Crippen LogP contribution is -1.85. The van der Waals surface area contributed by atoms with Gasteiger partial charge >= 0.3 is 0 Å². The van der Waals surface area contributed by atoms with Crippen LogP contribution in [0.4, 0.5) is 0 Å². The Morgan fingerprint density at radius 1 is 0.750 bits per heavy atom. The molecule has 2 rings (SSSR count). The molecule has 0 amide bonds. The first-order valence-electron chi connectivity index (χ1n) is 7.38. The Labute approximate surface area is 142 Å². The number of allylic oxidation sites excluding steroid dienone is 2.